The van der Waals surface area contributed by atoms with Gasteiger partial charge in [-0.3, -0.25) is 9.59 Å². The molecule has 1 N–H and O–H groups in total. The molecule has 10 heteroatoms. The fraction of sp³-hybridized carbons (Fsp3) is 0.474. The molecule has 1 aliphatic rings. The number of piperazine rings is 1. The summed E-state index contributed by atoms with van der Waals surface area (Å²) in [4.78, 5) is 38.2. The summed E-state index contributed by atoms with van der Waals surface area (Å²) < 4.78 is 7.34. The number of benzene rings is 1. The molecule has 1 aliphatic heterocycles. The van der Waals surface area contributed by atoms with Crippen molar-refractivity contribution in [3.8, 4) is 5.69 Å². The fourth-order valence-corrected chi connectivity index (χ4v) is 3.22. The fourth-order valence-electron chi connectivity index (χ4n) is 3.22. The number of hydrogen-bond donors (Lipinski definition) is 1. The minimum absolute atomic E-state index is 0. The molecule has 1 aromatic heterocycles. The third kappa shape index (κ3) is 5.45. The number of methoxy groups -OCH3 is 1. The highest BCUT2D eigenvalue weighted by Crippen LogP contribution is 2.11. The Balaban J connectivity index is 0.00000300. The number of aromatic nitrogens is 3. The number of nitrogens with one attached hydrogen (secondary N) is 1. The summed E-state index contributed by atoms with van der Waals surface area (Å²) in [7, 11) is 1.37. The summed E-state index contributed by atoms with van der Waals surface area (Å²) in [6.45, 7) is 4.47. The van der Waals surface area contributed by atoms with Crippen LogP contribution in [0.2, 0.25) is 0 Å². The Hall–Kier alpha value is -2.65. The average molecular weight is 424 g/mol. The van der Waals surface area contributed by atoms with Gasteiger partial charge in [0.2, 0.25) is 5.91 Å². The average Bonchev–Trinajstić information content (AvgIpc) is 3.00. The SMILES string of the molecule is COC(=O)CCc1ccc(-n2c(C)nn(CC(=O)N3CCNCC3)c2=O)cc1.Cl. The number of carbonyl (C=O) groups is 2. The number of rotatable bonds is 6. The van der Waals surface area contributed by atoms with Crippen LogP contribution in [0.3, 0.4) is 0 Å². The first-order chi connectivity index (χ1) is 13.5. The van der Waals surface area contributed by atoms with Gasteiger partial charge in [0.1, 0.15) is 12.4 Å². The molecule has 2 aromatic rings. The Morgan fingerprint density at radius 1 is 1.17 bits per heavy atom. The Kier molecular flexibility index (Phi) is 7.98. The molecule has 0 radical (unpaired) electrons. The lowest BCUT2D eigenvalue weighted by molar-refractivity contribution is -0.140. The molecule has 0 bridgehead atoms. The first kappa shape index (κ1) is 22.6. The summed E-state index contributed by atoms with van der Waals surface area (Å²) in [5.74, 6) is 0.151. The predicted octanol–water partition coefficient (Wildman–Crippen LogP) is 0.302. The number of halogens is 1. The molecule has 0 spiro atoms. The number of amides is 1. The molecule has 0 aliphatic carbocycles. The highest BCUT2D eigenvalue weighted by atomic mass is 35.5. The van der Waals surface area contributed by atoms with E-state index in [1.807, 2.05) is 24.3 Å². The van der Waals surface area contributed by atoms with Crippen LogP contribution in [0.15, 0.2) is 29.1 Å². The minimum Gasteiger partial charge on any atom is -0.469 e. The summed E-state index contributed by atoms with van der Waals surface area (Å²) in [5.41, 5.74) is 1.30. The monoisotopic (exact) mass is 423 g/mol. The number of carbonyl (C=O) groups excluding carboxylic acids is 2. The van der Waals surface area contributed by atoms with Crippen molar-refractivity contribution in [1.29, 1.82) is 0 Å². The lowest BCUT2D eigenvalue weighted by Crippen LogP contribution is -2.48. The van der Waals surface area contributed by atoms with Gasteiger partial charge in [0.15, 0.2) is 0 Å². The zero-order valence-electron chi connectivity index (χ0n) is 16.6. The molecule has 0 unspecified atom stereocenters. The number of ether oxygens (including phenoxy) is 1. The summed E-state index contributed by atoms with van der Waals surface area (Å²) in [6.07, 6.45) is 0.875. The van der Waals surface area contributed by atoms with E-state index in [1.54, 1.807) is 11.8 Å². The van der Waals surface area contributed by atoms with Gasteiger partial charge in [-0.15, -0.1) is 12.4 Å². The lowest BCUT2D eigenvalue weighted by Gasteiger charge is -2.27. The zero-order chi connectivity index (χ0) is 20.1. The molecule has 3 rings (SSSR count). The molecule has 1 saturated heterocycles. The number of nitrogens with zero attached hydrogens (tertiary/aromatic N) is 4. The van der Waals surface area contributed by atoms with Gasteiger partial charge in [0.25, 0.3) is 0 Å². The van der Waals surface area contributed by atoms with E-state index in [2.05, 4.69) is 15.2 Å². The smallest absolute Gasteiger partial charge is 0.351 e. The number of esters is 1. The number of aryl methyl sites for hydroxylation is 2. The molecule has 0 saturated carbocycles. The zero-order valence-corrected chi connectivity index (χ0v) is 17.4. The molecule has 9 nitrogen and oxygen atoms in total. The van der Waals surface area contributed by atoms with Gasteiger partial charge in [-0.1, -0.05) is 12.1 Å². The molecule has 1 aromatic carbocycles. The summed E-state index contributed by atoms with van der Waals surface area (Å²) in [5, 5.41) is 7.45. The second kappa shape index (κ2) is 10.2. The Bertz CT molecular complexity index is 900. The van der Waals surface area contributed by atoms with Gasteiger partial charge in [-0.25, -0.2) is 14.0 Å². The van der Waals surface area contributed by atoms with E-state index in [1.165, 1.54) is 16.4 Å². The standard InChI is InChI=1S/C19H25N5O4.ClH/c1-14-21-23(13-17(25)22-11-9-20-10-12-22)19(27)24(14)16-6-3-15(4-7-16)5-8-18(26)28-2;/h3-4,6-7,20H,5,8-13H2,1-2H3;1H. The van der Waals surface area contributed by atoms with Crippen molar-refractivity contribution in [3.05, 3.63) is 46.1 Å². The van der Waals surface area contributed by atoms with Crippen LogP contribution < -0.4 is 11.0 Å². The highest BCUT2D eigenvalue weighted by molar-refractivity contribution is 5.85. The van der Waals surface area contributed by atoms with Crippen LogP contribution in [-0.4, -0.2) is 64.4 Å². The second-order valence-electron chi connectivity index (χ2n) is 6.70. The van der Waals surface area contributed by atoms with Crippen LogP contribution in [0.1, 0.15) is 17.8 Å². The Morgan fingerprint density at radius 2 is 1.83 bits per heavy atom. The summed E-state index contributed by atoms with van der Waals surface area (Å²) in [6, 6.07) is 7.36. The molecule has 2 heterocycles. The van der Waals surface area contributed by atoms with E-state index in [0.717, 1.165) is 18.7 Å². The van der Waals surface area contributed by atoms with Crippen LogP contribution in [-0.2, 0) is 27.3 Å². The van der Waals surface area contributed by atoms with Crippen molar-refractivity contribution < 1.29 is 14.3 Å². The van der Waals surface area contributed by atoms with Crippen molar-refractivity contribution in [2.45, 2.75) is 26.3 Å². The maximum absolute atomic E-state index is 12.8. The maximum atomic E-state index is 12.8. The van der Waals surface area contributed by atoms with Crippen LogP contribution >= 0.6 is 12.4 Å². The van der Waals surface area contributed by atoms with Crippen molar-refractivity contribution >= 4 is 24.3 Å². The van der Waals surface area contributed by atoms with Gasteiger partial charge in [-0.2, -0.15) is 5.10 Å². The van der Waals surface area contributed by atoms with E-state index in [-0.39, 0.29) is 36.5 Å². The highest BCUT2D eigenvalue weighted by Gasteiger charge is 2.20. The van der Waals surface area contributed by atoms with E-state index in [4.69, 9.17) is 0 Å². The first-order valence-electron chi connectivity index (χ1n) is 9.30. The molecular formula is C19H26ClN5O4. The van der Waals surface area contributed by atoms with Gasteiger partial charge < -0.3 is 15.0 Å². The van der Waals surface area contributed by atoms with Gasteiger partial charge in [0.05, 0.1) is 12.8 Å². The van der Waals surface area contributed by atoms with Gasteiger partial charge >= 0.3 is 11.7 Å². The van der Waals surface area contributed by atoms with Crippen LogP contribution in [0.5, 0.6) is 0 Å². The molecule has 1 amide bonds. The topological polar surface area (TPSA) is 98.5 Å². The minimum atomic E-state index is -0.344. The Morgan fingerprint density at radius 3 is 2.45 bits per heavy atom. The first-order valence-corrected chi connectivity index (χ1v) is 9.30. The van der Waals surface area contributed by atoms with Crippen molar-refractivity contribution in [2.75, 3.05) is 33.3 Å². The molecule has 1 fully saturated rings. The normalized spacial score (nSPS) is 13.7. The Labute approximate surface area is 175 Å². The second-order valence-corrected chi connectivity index (χ2v) is 6.70. The van der Waals surface area contributed by atoms with Gasteiger partial charge in [-0.05, 0) is 31.0 Å². The third-order valence-corrected chi connectivity index (χ3v) is 4.80. The van der Waals surface area contributed by atoms with Crippen LogP contribution in [0, 0.1) is 6.92 Å². The van der Waals surface area contributed by atoms with Crippen LogP contribution in [0.25, 0.3) is 5.69 Å². The largest absolute Gasteiger partial charge is 0.469 e. The van der Waals surface area contributed by atoms with E-state index < -0.39 is 0 Å². The maximum Gasteiger partial charge on any atom is 0.351 e. The van der Waals surface area contributed by atoms with E-state index in [9.17, 15) is 14.4 Å². The number of hydrogen-bond acceptors (Lipinski definition) is 6. The van der Waals surface area contributed by atoms with Crippen molar-refractivity contribution in [2.24, 2.45) is 0 Å². The summed E-state index contributed by atoms with van der Waals surface area (Å²) >= 11 is 0. The van der Waals surface area contributed by atoms with Crippen molar-refractivity contribution in [3.63, 3.8) is 0 Å². The van der Waals surface area contributed by atoms with Crippen molar-refractivity contribution in [1.82, 2.24) is 24.6 Å². The molecule has 29 heavy (non-hydrogen) atoms. The quantitative estimate of drug-likeness (QED) is 0.671. The van der Waals surface area contributed by atoms with E-state index in [0.29, 0.717) is 37.4 Å². The molecule has 158 valence electrons. The molecule has 0 atom stereocenters. The van der Waals surface area contributed by atoms with Crippen LogP contribution in [0.4, 0.5) is 0 Å². The van der Waals surface area contributed by atoms with E-state index >= 15 is 0 Å². The predicted molar refractivity (Wildman–Crippen MR) is 110 cm³/mol. The third-order valence-electron chi connectivity index (χ3n) is 4.80. The lowest BCUT2D eigenvalue weighted by atomic mass is 10.1. The molecular weight excluding hydrogens is 398 g/mol. The van der Waals surface area contributed by atoms with Gasteiger partial charge in [0, 0.05) is 32.6 Å².